The van der Waals surface area contributed by atoms with Crippen LogP contribution in [0.4, 0.5) is 14.4 Å². The van der Waals surface area contributed by atoms with E-state index in [-0.39, 0.29) is 19.5 Å². The summed E-state index contributed by atoms with van der Waals surface area (Å²) < 4.78 is 0. The second-order valence-corrected chi connectivity index (χ2v) is 0.798. The van der Waals surface area contributed by atoms with Gasteiger partial charge >= 0.3 is 19.5 Å². The van der Waals surface area contributed by atoms with E-state index in [1.807, 2.05) is 0 Å². The molecule has 9 nitrogen and oxygen atoms in total. The van der Waals surface area contributed by atoms with Gasteiger partial charge in [-0.15, -0.1) is 0 Å². The van der Waals surface area contributed by atoms with Crippen LogP contribution in [-0.4, -0.2) is 33.8 Å². The van der Waals surface area contributed by atoms with Gasteiger partial charge in [-0.2, -0.15) is 0 Å². The Morgan fingerprint density at radius 2 is 0.692 bits per heavy atom. The molecule has 0 saturated carbocycles. The number of hydrogen-bond donors (Lipinski definition) is 3. The van der Waals surface area contributed by atoms with Crippen molar-refractivity contribution < 1.29 is 64.5 Å². The van der Waals surface area contributed by atoms with Crippen LogP contribution in [0.25, 0.3) is 0 Å². The second kappa shape index (κ2) is 16.8. The normalized spacial score (nSPS) is 5.54. The fourth-order valence-corrected chi connectivity index (χ4v) is 0. The molecule has 0 atom stereocenters. The standard InChI is InChI=1S/3CH2O3.Rh/c3*2-1(3)4;/h3*(H2,2,3,4);/q;;;+3/p-3. The molecule has 3 N–H and O–H groups in total. The molecule has 0 aliphatic rings. The van der Waals surface area contributed by atoms with Crippen molar-refractivity contribution in [2.24, 2.45) is 0 Å². The number of carboxylic acid groups (broad SMARTS) is 6. The molecular formula is C3H3O9Rh. The third-order valence-corrected chi connectivity index (χ3v) is 0. The maximum Gasteiger partial charge on any atom is 3.00 e. The van der Waals surface area contributed by atoms with Gasteiger partial charge in [0, 0.05) is 0 Å². The molecular weight excluding hydrogens is 283 g/mol. The van der Waals surface area contributed by atoms with Gasteiger partial charge in [0.15, 0.2) is 0 Å². The number of rotatable bonds is 0. The Labute approximate surface area is 83.6 Å². The summed E-state index contributed by atoms with van der Waals surface area (Å²) in [5.41, 5.74) is 0. The number of carbonyl (C=O) groups is 3. The van der Waals surface area contributed by atoms with Crippen LogP contribution >= 0.6 is 0 Å². The minimum atomic E-state index is -2.08. The van der Waals surface area contributed by atoms with Gasteiger partial charge in [0.05, 0.1) is 0 Å². The van der Waals surface area contributed by atoms with Crippen LogP contribution in [0, 0.1) is 0 Å². The van der Waals surface area contributed by atoms with Gasteiger partial charge in [-0.1, -0.05) is 0 Å². The van der Waals surface area contributed by atoms with Crippen LogP contribution in [0.15, 0.2) is 0 Å². The maximum atomic E-state index is 8.44. The summed E-state index contributed by atoms with van der Waals surface area (Å²) in [4.78, 5) is 25.3. The Morgan fingerprint density at radius 1 is 0.692 bits per heavy atom. The first-order valence-electron chi connectivity index (χ1n) is 1.90. The van der Waals surface area contributed by atoms with Crippen molar-refractivity contribution >= 4 is 18.5 Å². The molecule has 10 heteroatoms. The van der Waals surface area contributed by atoms with Gasteiger partial charge in [0.25, 0.3) is 0 Å². The molecule has 0 amide bonds. The Bertz CT molecular complexity index is 112. The van der Waals surface area contributed by atoms with Crippen LogP contribution in [-0.2, 0) is 19.5 Å². The predicted octanol–water partition coefficient (Wildman–Crippen LogP) is -3.34. The molecule has 0 fully saturated rings. The van der Waals surface area contributed by atoms with Crippen LogP contribution in [0.1, 0.15) is 0 Å². The van der Waals surface area contributed by atoms with E-state index in [4.69, 9.17) is 45.0 Å². The molecule has 0 aromatic carbocycles. The SMILES string of the molecule is O=C([O-])O.O=C([O-])O.O=C([O-])O.[Rh+3]. The zero-order valence-corrected chi connectivity index (χ0v) is 7.26. The van der Waals surface area contributed by atoms with Gasteiger partial charge in [0.1, 0.15) is 0 Å². The molecule has 78 valence electrons. The summed E-state index contributed by atoms with van der Waals surface area (Å²) in [5, 5.41) is 45.9. The van der Waals surface area contributed by atoms with Crippen molar-refractivity contribution in [1.29, 1.82) is 0 Å². The van der Waals surface area contributed by atoms with Crippen LogP contribution in [0.5, 0.6) is 0 Å². The summed E-state index contributed by atoms with van der Waals surface area (Å²) in [5.74, 6) is 0. The first-order valence-corrected chi connectivity index (χ1v) is 1.90. The topological polar surface area (TPSA) is 181 Å². The van der Waals surface area contributed by atoms with Crippen LogP contribution < -0.4 is 15.3 Å². The third kappa shape index (κ3) is 302. The molecule has 0 aliphatic carbocycles. The molecule has 0 heterocycles. The Balaban J connectivity index is -0.0000000450. The Kier molecular flexibility index (Phi) is 29.1. The maximum absolute atomic E-state index is 8.44. The molecule has 0 spiro atoms. The molecule has 0 bridgehead atoms. The van der Waals surface area contributed by atoms with Crippen LogP contribution in [0.3, 0.4) is 0 Å². The summed E-state index contributed by atoms with van der Waals surface area (Å²) in [6.45, 7) is 0. The van der Waals surface area contributed by atoms with E-state index < -0.39 is 18.5 Å². The summed E-state index contributed by atoms with van der Waals surface area (Å²) in [7, 11) is 0. The van der Waals surface area contributed by atoms with Crippen molar-refractivity contribution in [3.05, 3.63) is 0 Å². The van der Waals surface area contributed by atoms with E-state index in [2.05, 4.69) is 0 Å². The average molecular weight is 286 g/mol. The Hall–Kier alpha value is -1.57. The molecule has 13 heavy (non-hydrogen) atoms. The molecule has 0 rings (SSSR count). The van der Waals surface area contributed by atoms with E-state index in [1.54, 1.807) is 0 Å². The largest absolute Gasteiger partial charge is 3.00 e. The summed E-state index contributed by atoms with van der Waals surface area (Å²) >= 11 is 0. The number of hydrogen-bond acceptors (Lipinski definition) is 6. The van der Waals surface area contributed by atoms with Crippen molar-refractivity contribution in [2.75, 3.05) is 0 Å². The molecule has 0 aromatic heterocycles. The third-order valence-electron chi connectivity index (χ3n) is 0. The molecule has 0 radical (unpaired) electrons. The molecule has 0 aliphatic heterocycles. The smallest absolute Gasteiger partial charge is 0.565 e. The van der Waals surface area contributed by atoms with E-state index >= 15 is 0 Å². The monoisotopic (exact) mass is 286 g/mol. The van der Waals surface area contributed by atoms with Gasteiger partial charge in [-0.05, 0) is 0 Å². The zero-order chi connectivity index (χ0) is 10.7. The van der Waals surface area contributed by atoms with Crippen LogP contribution in [0.2, 0.25) is 0 Å². The zero-order valence-electron chi connectivity index (χ0n) is 5.62. The van der Waals surface area contributed by atoms with Crippen molar-refractivity contribution in [2.45, 2.75) is 0 Å². The van der Waals surface area contributed by atoms with Crippen molar-refractivity contribution in [3.63, 3.8) is 0 Å². The van der Waals surface area contributed by atoms with Gasteiger partial charge in [-0.25, -0.2) is 0 Å². The average Bonchev–Trinajstić information content (AvgIpc) is 1.54. The van der Waals surface area contributed by atoms with Crippen molar-refractivity contribution in [1.82, 2.24) is 0 Å². The quantitative estimate of drug-likeness (QED) is 0.383. The molecule has 0 unspecified atom stereocenters. The van der Waals surface area contributed by atoms with E-state index in [9.17, 15) is 0 Å². The van der Waals surface area contributed by atoms with E-state index in [1.165, 1.54) is 0 Å². The fraction of sp³-hybridized carbons (Fsp3) is 0. The predicted molar refractivity (Wildman–Crippen MR) is 24.1 cm³/mol. The fourth-order valence-electron chi connectivity index (χ4n) is 0. The first kappa shape index (κ1) is 22.5. The van der Waals surface area contributed by atoms with Crippen molar-refractivity contribution in [3.8, 4) is 0 Å². The Morgan fingerprint density at radius 3 is 0.692 bits per heavy atom. The summed E-state index contributed by atoms with van der Waals surface area (Å²) in [6.07, 6.45) is -6.25. The van der Waals surface area contributed by atoms with Gasteiger partial charge < -0.3 is 45.0 Å². The first-order chi connectivity index (χ1) is 5.20. The minimum absolute atomic E-state index is 0. The minimum Gasteiger partial charge on any atom is -0.565 e. The van der Waals surface area contributed by atoms with E-state index in [0.29, 0.717) is 0 Å². The van der Waals surface area contributed by atoms with Gasteiger partial charge in [-0.3, -0.25) is 0 Å². The van der Waals surface area contributed by atoms with E-state index in [0.717, 1.165) is 0 Å². The molecule has 0 saturated heterocycles. The molecule has 0 aromatic rings. The summed E-state index contributed by atoms with van der Waals surface area (Å²) in [6, 6.07) is 0. The second-order valence-electron chi connectivity index (χ2n) is 0.798. The van der Waals surface area contributed by atoms with Gasteiger partial charge in [0.2, 0.25) is 18.5 Å².